The molecule has 5 rings (SSSR count). The van der Waals surface area contributed by atoms with E-state index in [1.54, 1.807) is 0 Å². The molecular weight excluding hydrogens is 457 g/mol. The van der Waals surface area contributed by atoms with Crippen molar-refractivity contribution in [3.63, 3.8) is 0 Å². The number of rotatable bonds is 4. The molecule has 1 fully saturated rings. The number of fused-ring (bicyclic) bond motifs is 2. The Morgan fingerprint density at radius 3 is 2.43 bits per heavy atom. The number of hydrogen-bond donors (Lipinski definition) is 1. The van der Waals surface area contributed by atoms with Gasteiger partial charge in [0.15, 0.2) is 0 Å². The molecule has 1 aromatic heterocycles. The average molecular weight is 483 g/mol. The molecule has 0 bridgehead atoms. The van der Waals surface area contributed by atoms with Crippen LogP contribution in [-0.2, 0) is 11.3 Å². The maximum atomic E-state index is 10.6. The molecule has 1 saturated heterocycles. The SMILES string of the molecule is O=C(O)C(F)(F)F.c1ccc2c(CN3CCC(Oc4ccc5cnccc5c4)CC3)cccc2c1. The van der Waals surface area contributed by atoms with E-state index in [2.05, 4.69) is 70.5 Å². The molecule has 0 aliphatic carbocycles. The molecule has 0 unspecified atom stereocenters. The van der Waals surface area contributed by atoms with Gasteiger partial charge in [0.1, 0.15) is 11.9 Å². The van der Waals surface area contributed by atoms with Crippen molar-refractivity contribution in [2.45, 2.75) is 31.7 Å². The van der Waals surface area contributed by atoms with E-state index in [1.165, 1.54) is 21.7 Å². The Labute approximate surface area is 200 Å². The van der Waals surface area contributed by atoms with Crippen molar-refractivity contribution in [1.82, 2.24) is 9.88 Å². The van der Waals surface area contributed by atoms with Gasteiger partial charge in [-0.2, -0.15) is 13.2 Å². The lowest BCUT2D eigenvalue weighted by molar-refractivity contribution is -0.192. The minimum Gasteiger partial charge on any atom is -0.490 e. The number of hydrogen-bond acceptors (Lipinski definition) is 4. The molecule has 3 aromatic carbocycles. The number of halogens is 3. The van der Waals surface area contributed by atoms with Crippen LogP contribution in [0.1, 0.15) is 18.4 Å². The third-order valence-electron chi connectivity index (χ3n) is 5.97. The average Bonchev–Trinajstić information content (AvgIpc) is 2.85. The van der Waals surface area contributed by atoms with Crippen LogP contribution in [-0.4, -0.2) is 46.3 Å². The fourth-order valence-corrected chi connectivity index (χ4v) is 4.18. The van der Waals surface area contributed by atoms with Crippen LogP contribution in [0.5, 0.6) is 5.75 Å². The molecule has 5 nitrogen and oxygen atoms in total. The lowest BCUT2D eigenvalue weighted by Crippen LogP contribution is -2.37. The van der Waals surface area contributed by atoms with E-state index >= 15 is 0 Å². The summed E-state index contributed by atoms with van der Waals surface area (Å²) in [6, 6.07) is 23.6. The number of pyridine rings is 1. The van der Waals surface area contributed by atoms with Gasteiger partial charge in [0.2, 0.25) is 0 Å². The van der Waals surface area contributed by atoms with Crippen LogP contribution >= 0.6 is 0 Å². The Bertz CT molecular complexity index is 1300. The first-order chi connectivity index (χ1) is 16.8. The molecule has 35 heavy (non-hydrogen) atoms. The third-order valence-corrected chi connectivity index (χ3v) is 5.97. The van der Waals surface area contributed by atoms with Crippen molar-refractivity contribution >= 4 is 27.5 Å². The quantitative estimate of drug-likeness (QED) is 0.383. The highest BCUT2D eigenvalue weighted by Crippen LogP contribution is 2.25. The molecule has 1 aliphatic rings. The van der Waals surface area contributed by atoms with Crippen molar-refractivity contribution in [3.05, 3.63) is 84.7 Å². The number of alkyl halides is 3. The molecule has 0 atom stereocenters. The van der Waals surface area contributed by atoms with Gasteiger partial charge in [0.05, 0.1) is 0 Å². The van der Waals surface area contributed by atoms with Crippen molar-refractivity contribution in [2.24, 2.45) is 0 Å². The van der Waals surface area contributed by atoms with Crippen LogP contribution in [0.15, 0.2) is 79.1 Å². The fraction of sp³-hybridized carbons (Fsp3) is 0.259. The van der Waals surface area contributed by atoms with Gasteiger partial charge in [0.25, 0.3) is 0 Å². The highest BCUT2D eigenvalue weighted by atomic mass is 19.4. The number of ether oxygens (including phenoxy) is 1. The normalized spacial score (nSPS) is 14.9. The molecule has 1 aliphatic heterocycles. The number of likely N-dealkylation sites (tertiary alicyclic amines) is 1. The molecule has 0 spiro atoms. The van der Waals surface area contributed by atoms with Gasteiger partial charge >= 0.3 is 12.1 Å². The largest absolute Gasteiger partial charge is 0.490 e. The first kappa shape index (κ1) is 24.5. The molecule has 0 amide bonds. The highest BCUT2D eigenvalue weighted by Gasteiger charge is 2.38. The van der Waals surface area contributed by atoms with Crippen molar-refractivity contribution in [2.75, 3.05) is 13.1 Å². The van der Waals surface area contributed by atoms with E-state index in [1.807, 2.05) is 18.5 Å². The minimum absolute atomic E-state index is 0.294. The first-order valence-electron chi connectivity index (χ1n) is 11.3. The molecule has 8 heteroatoms. The van der Waals surface area contributed by atoms with Gasteiger partial charge in [-0.1, -0.05) is 42.5 Å². The molecule has 0 saturated carbocycles. The van der Waals surface area contributed by atoms with E-state index < -0.39 is 12.1 Å². The van der Waals surface area contributed by atoms with E-state index in [0.717, 1.165) is 43.6 Å². The second-order valence-corrected chi connectivity index (χ2v) is 8.42. The van der Waals surface area contributed by atoms with Crippen molar-refractivity contribution < 1.29 is 27.8 Å². The monoisotopic (exact) mass is 482 g/mol. The van der Waals surface area contributed by atoms with Gasteiger partial charge in [0, 0.05) is 37.4 Å². The van der Waals surface area contributed by atoms with E-state index in [4.69, 9.17) is 14.6 Å². The van der Waals surface area contributed by atoms with Crippen LogP contribution in [0.25, 0.3) is 21.5 Å². The summed E-state index contributed by atoms with van der Waals surface area (Å²) in [6.07, 6.45) is 1.07. The summed E-state index contributed by atoms with van der Waals surface area (Å²) in [5, 5.41) is 12.2. The molecular formula is C27H25F3N2O3. The van der Waals surface area contributed by atoms with E-state index in [9.17, 15) is 13.2 Å². The van der Waals surface area contributed by atoms with Crippen LogP contribution < -0.4 is 4.74 Å². The predicted molar refractivity (Wildman–Crippen MR) is 128 cm³/mol. The number of carboxylic acids is 1. The zero-order chi connectivity index (χ0) is 24.8. The molecule has 0 radical (unpaired) electrons. The summed E-state index contributed by atoms with van der Waals surface area (Å²) in [4.78, 5) is 15.6. The van der Waals surface area contributed by atoms with Gasteiger partial charge in [-0.25, -0.2) is 4.79 Å². The zero-order valence-electron chi connectivity index (χ0n) is 18.9. The maximum absolute atomic E-state index is 10.6. The summed E-state index contributed by atoms with van der Waals surface area (Å²) < 4.78 is 38.0. The lowest BCUT2D eigenvalue weighted by Gasteiger charge is -2.32. The van der Waals surface area contributed by atoms with E-state index in [-0.39, 0.29) is 0 Å². The Morgan fingerprint density at radius 2 is 1.69 bits per heavy atom. The third kappa shape index (κ3) is 6.48. The zero-order valence-corrected chi connectivity index (χ0v) is 18.9. The second-order valence-electron chi connectivity index (χ2n) is 8.42. The molecule has 2 heterocycles. The summed E-state index contributed by atoms with van der Waals surface area (Å²) in [5.74, 6) is -1.79. The van der Waals surface area contributed by atoms with Crippen LogP contribution in [0, 0.1) is 0 Å². The Balaban J connectivity index is 0.000000364. The fourth-order valence-electron chi connectivity index (χ4n) is 4.18. The molecule has 4 aromatic rings. The number of piperidine rings is 1. The van der Waals surface area contributed by atoms with Gasteiger partial charge in [-0.15, -0.1) is 0 Å². The number of carboxylic acid groups (broad SMARTS) is 1. The molecule has 1 N–H and O–H groups in total. The number of aromatic nitrogens is 1. The number of nitrogens with zero attached hydrogens (tertiary/aromatic N) is 2. The summed E-state index contributed by atoms with van der Waals surface area (Å²) in [6.45, 7) is 3.16. The van der Waals surface area contributed by atoms with Crippen LogP contribution in [0.2, 0.25) is 0 Å². The number of carbonyl (C=O) groups is 1. The predicted octanol–water partition coefficient (Wildman–Crippen LogP) is 6.06. The van der Waals surface area contributed by atoms with Gasteiger partial charge in [-0.05, 0) is 58.8 Å². The Morgan fingerprint density at radius 1 is 0.971 bits per heavy atom. The standard InChI is InChI=1S/C25H24N2O.C2HF3O2/c1-2-7-25-19(4-1)5-3-6-22(25)18-27-14-11-23(12-15-27)28-24-9-8-21-17-26-13-10-20(21)16-24;3-2(4,5)1(6)7/h1-10,13,16-17,23H,11-12,14-15,18H2;(H,6,7). The minimum atomic E-state index is -5.08. The van der Waals surface area contributed by atoms with Crippen LogP contribution in [0.3, 0.4) is 0 Å². The lowest BCUT2D eigenvalue weighted by atomic mass is 10.0. The Hall–Kier alpha value is -3.65. The van der Waals surface area contributed by atoms with Crippen molar-refractivity contribution in [1.29, 1.82) is 0 Å². The summed E-state index contributed by atoms with van der Waals surface area (Å²) in [5.41, 5.74) is 1.42. The van der Waals surface area contributed by atoms with Gasteiger partial charge < -0.3 is 9.84 Å². The molecule has 182 valence electrons. The number of aliphatic carboxylic acids is 1. The first-order valence-corrected chi connectivity index (χ1v) is 11.3. The van der Waals surface area contributed by atoms with E-state index in [0.29, 0.717) is 6.10 Å². The van der Waals surface area contributed by atoms with Crippen molar-refractivity contribution in [3.8, 4) is 5.75 Å². The highest BCUT2D eigenvalue weighted by molar-refractivity contribution is 5.85. The summed E-state index contributed by atoms with van der Waals surface area (Å²) in [7, 11) is 0. The topological polar surface area (TPSA) is 62.7 Å². The second kappa shape index (κ2) is 10.7. The Kier molecular flexibility index (Phi) is 7.51. The number of benzene rings is 3. The van der Waals surface area contributed by atoms with Crippen LogP contribution in [0.4, 0.5) is 13.2 Å². The smallest absolute Gasteiger partial charge is 0.490 e. The maximum Gasteiger partial charge on any atom is 0.490 e. The van der Waals surface area contributed by atoms with Gasteiger partial charge in [-0.3, -0.25) is 9.88 Å². The summed E-state index contributed by atoms with van der Waals surface area (Å²) >= 11 is 0.